The Morgan fingerprint density at radius 1 is 0.931 bits per heavy atom. The third-order valence-electron chi connectivity index (χ3n) is 4.51. The number of carbonyl (C=O) groups excluding carboxylic acids is 1. The molecule has 0 atom stereocenters. The van der Waals surface area contributed by atoms with Gasteiger partial charge in [-0.05, 0) is 41.8 Å². The Morgan fingerprint density at radius 3 is 2.41 bits per heavy atom. The number of nitrogens with one attached hydrogen (secondary N) is 1. The Kier molecular flexibility index (Phi) is 4.70. The molecule has 142 valence electrons. The lowest BCUT2D eigenvalue weighted by atomic mass is 10.1. The van der Waals surface area contributed by atoms with Gasteiger partial charge in [0.25, 0.3) is 5.91 Å². The predicted molar refractivity (Wildman–Crippen MR) is 112 cm³/mol. The summed E-state index contributed by atoms with van der Waals surface area (Å²) < 4.78 is 0. The molecule has 4 aromatic rings. The van der Waals surface area contributed by atoms with Crippen molar-refractivity contribution >= 4 is 50.8 Å². The van der Waals surface area contributed by atoms with Crippen LogP contribution >= 0.6 is 11.6 Å². The fourth-order valence-electron chi connectivity index (χ4n) is 3.12. The van der Waals surface area contributed by atoms with Crippen LogP contribution in [0, 0.1) is 0 Å². The Balaban J connectivity index is 1.81. The number of halogens is 1. The monoisotopic (exact) mass is 404 g/mol. The molecule has 7 heteroatoms. The minimum Gasteiger partial charge on any atom is -0.478 e. The zero-order valence-corrected chi connectivity index (χ0v) is 15.6. The van der Waals surface area contributed by atoms with E-state index in [-0.39, 0.29) is 16.6 Å². The fraction of sp³-hybridized carbons (Fsp3) is 0. The van der Waals surface area contributed by atoms with E-state index < -0.39 is 11.9 Å². The molecule has 1 amide bonds. The van der Waals surface area contributed by atoms with Crippen LogP contribution in [0.4, 0.5) is 5.69 Å². The van der Waals surface area contributed by atoms with Gasteiger partial charge in [0.2, 0.25) is 0 Å². The first-order valence-electron chi connectivity index (χ1n) is 8.60. The Labute approximate surface area is 169 Å². The van der Waals surface area contributed by atoms with Gasteiger partial charge < -0.3 is 10.4 Å². The van der Waals surface area contributed by atoms with E-state index >= 15 is 0 Å². The van der Waals surface area contributed by atoms with Crippen molar-refractivity contribution in [1.29, 1.82) is 0 Å². The lowest BCUT2D eigenvalue weighted by Crippen LogP contribution is -2.16. The third-order valence-corrected chi connectivity index (χ3v) is 4.72. The summed E-state index contributed by atoms with van der Waals surface area (Å²) >= 11 is 5.99. The van der Waals surface area contributed by atoms with E-state index in [0.717, 1.165) is 0 Å². The summed E-state index contributed by atoms with van der Waals surface area (Å²) in [6.45, 7) is 0. The van der Waals surface area contributed by atoms with Gasteiger partial charge in [-0.25, -0.2) is 4.79 Å². The molecule has 0 aliphatic carbocycles. The van der Waals surface area contributed by atoms with Crippen molar-refractivity contribution in [3.8, 4) is 0 Å². The highest BCUT2D eigenvalue weighted by Crippen LogP contribution is 2.21. The molecule has 0 radical (unpaired) electrons. The summed E-state index contributed by atoms with van der Waals surface area (Å²) in [4.78, 5) is 41.1. The van der Waals surface area contributed by atoms with E-state index in [4.69, 9.17) is 11.6 Å². The van der Waals surface area contributed by atoms with Gasteiger partial charge in [0, 0.05) is 22.7 Å². The molecule has 0 fully saturated rings. The second-order valence-electron chi connectivity index (χ2n) is 6.36. The number of carboxylic acid groups (broad SMARTS) is 1. The van der Waals surface area contributed by atoms with Crippen LogP contribution < -0.4 is 10.7 Å². The molecule has 2 N–H and O–H groups in total. The van der Waals surface area contributed by atoms with E-state index in [1.54, 1.807) is 48.5 Å². The van der Waals surface area contributed by atoms with Crippen LogP contribution in [-0.2, 0) is 0 Å². The van der Waals surface area contributed by atoms with Crippen molar-refractivity contribution in [2.45, 2.75) is 0 Å². The average Bonchev–Trinajstić information content (AvgIpc) is 2.85. The molecule has 0 bridgehead atoms. The summed E-state index contributed by atoms with van der Waals surface area (Å²) in [7, 11) is 0. The number of fused-ring (bicyclic) bond motifs is 2. The van der Waals surface area contributed by atoms with Crippen LogP contribution in [-0.4, -0.2) is 22.0 Å². The lowest BCUT2D eigenvalue weighted by molar-refractivity contribution is 0.0692. The van der Waals surface area contributed by atoms with Crippen molar-refractivity contribution in [1.82, 2.24) is 4.98 Å². The number of carbonyl (C=O) groups is 2. The first-order valence-corrected chi connectivity index (χ1v) is 8.98. The van der Waals surface area contributed by atoms with Crippen molar-refractivity contribution in [2.75, 3.05) is 5.32 Å². The van der Waals surface area contributed by atoms with Crippen LogP contribution in [0.25, 0.3) is 21.7 Å². The predicted octanol–water partition coefficient (Wildman–Crippen LogP) is 4.35. The number of carboxylic acids is 1. The maximum absolute atomic E-state index is 13.0. The van der Waals surface area contributed by atoms with Gasteiger partial charge in [-0.3, -0.25) is 14.6 Å². The largest absolute Gasteiger partial charge is 0.478 e. The number of amides is 1. The van der Waals surface area contributed by atoms with Crippen LogP contribution in [0.5, 0.6) is 0 Å². The molecular formula is C22H13ClN2O4. The molecule has 1 heterocycles. The highest BCUT2D eigenvalue weighted by atomic mass is 35.5. The van der Waals surface area contributed by atoms with E-state index in [1.165, 1.54) is 18.3 Å². The number of rotatable bonds is 3. The molecule has 0 saturated heterocycles. The molecule has 0 spiro atoms. The van der Waals surface area contributed by atoms with Gasteiger partial charge in [0.1, 0.15) is 0 Å². The number of aromatic nitrogens is 1. The van der Waals surface area contributed by atoms with Gasteiger partial charge in [0.15, 0.2) is 5.43 Å². The van der Waals surface area contributed by atoms with Gasteiger partial charge in [-0.2, -0.15) is 0 Å². The van der Waals surface area contributed by atoms with Crippen molar-refractivity contribution < 1.29 is 14.7 Å². The minimum atomic E-state index is -1.20. The van der Waals surface area contributed by atoms with Gasteiger partial charge in [-0.15, -0.1) is 0 Å². The number of anilines is 1. The van der Waals surface area contributed by atoms with E-state index in [1.807, 2.05) is 0 Å². The highest BCUT2D eigenvalue weighted by Gasteiger charge is 2.16. The topological polar surface area (TPSA) is 96.4 Å². The molecule has 0 aliphatic heterocycles. The van der Waals surface area contributed by atoms with Crippen molar-refractivity contribution in [2.24, 2.45) is 0 Å². The molecule has 29 heavy (non-hydrogen) atoms. The van der Waals surface area contributed by atoms with Crippen LogP contribution in [0.1, 0.15) is 20.7 Å². The molecule has 0 saturated carbocycles. The molecule has 4 rings (SSSR count). The SMILES string of the molecule is O=C(O)c1ccccc1C(=O)Nc1ccc2ccc3ncc(Cl)cc3c(=O)c2c1. The zero-order valence-electron chi connectivity index (χ0n) is 14.8. The van der Waals surface area contributed by atoms with Gasteiger partial charge >= 0.3 is 5.97 Å². The number of hydrogen-bond acceptors (Lipinski definition) is 4. The second-order valence-corrected chi connectivity index (χ2v) is 6.79. The quantitative estimate of drug-likeness (QED) is 0.529. The molecule has 3 aromatic carbocycles. The highest BCUT2D eigenvalue weighted by molar-refractivity contribution is 6.31. The van der Waals surface area contributed by atoms with Crippen LogP contribution in [0.15, 0.2) is 71.7 Å². The summed E-state index contributed by atoms with van der Waals surface area (Å²) in [5.41, 5.74) is 0.540. The van der Waals surface area contributed by atoms with Gasteiger partial charge in [-0.1, -0.05) is 35.9 Å². The van der Waals surface area contributed by atoms with E-state index in [0.29, 0.717) is 32.4 Å². The normalized spacial score (nSPS) is 10.8. The summed E-state index contributed by atoms with van der Waals surface area (Å²) in [6, 6.07) is 15.9. The van der Waals surface area contributed by atoms with Crippen LogP contribution in [0.3, 0.4) is 0 Å². The maximum atomic E-state index is 13.0. The zero-order chi connectivity index (χ0) is 20.5. The summed E-state index contributed by atoms with van der Waals surface area (Å²) in [5, 5.41) is 13.7. The first kappa shape index (κ1) is 18.6. The number of nitrogens with zero attached hydrogens (tertiary/aromatic N) is 1. The van der Waals surface area contributed by atoms with Crippen molar-refractivity contribution in [3.63, 3.8) is 0 Å². The Bertz CT molecular complexity index is 1370. The average molecular weight is 405 g/mol. The summed E-state index contributed by atoms with van der Waals surface area (Å²) in [5.74, 6) is -1.77. The first-order chi connectivity index (χ1) is 13.9. The molecule has 1 aromatic heterocycles. The van der Waals surface area contributed by atoms with Gasteiger partial charge in [0.05, 0.1) is 21.7 Å². The van der Waals surface area contributed by atoms with Crippen LogP contribution in [0.2, 0.25) is 5.02 Å². The fourth-order valence-corrected chi connectivity index (χ4v) is 3.28. The number of benzene rings is 2. The standard InChI is InChI=1S/C22H13ClN2O4/c23-13-9-18-19(24-11-13)8-6-12-5-7-14(10-17(12)20(18)26)25-21(27)15-3-1-2-4-16(15)22(28)29/h1-11H,(H,25,27)(H,28,29). The Morgan fingerprint density at radius 2 is 1.66 bits per heavy atom. The molecule has 0 unspecified atom stereocenters. The van der Waals surface area contributed by atoms with Crippen molar-refractivity contribution in [3.05, 3.63) is 93.2 Å². The molecule has 6 nitrogen and oxygen atoms in total. The Hall–Kier alpha value is -3.77. The number of aromatic carboxylic acids is 1. The lowest BCUT2D eigenvalue weighted by Gasteiger charge is -2.08. The second kappa shape index (κ2) is 7.33. The summed E-state index contributed by atoms with van der Waals surface area (Å²) in [6.07, 6.45) is 1.47. The van der Waals surface area contributed by atoms with E-state index in [2.05, 4.69) is 10.3 Å². The minimum absolute atomic E-state index is 0.0301. The number of pyridine rings is 1. The third kappa shape index (κ3) is 3.53. The van der Waals surface area contributed by atoms with E-state index in [9.17, 15) is 19.5 Å². The molecule has 0 aliphatic rings. The number of hydrogen-bond donors (Lipinski definition) is 2. The smallest absolute Gasteiger partial charge is 0.336 e. The molecular weight excluding hydrogens is 392 g/mol. The maximum Gasteiger partial charge on any atom is 0.336 e.